The Labute approximate surface area is 220 Å². The average Bonchev–Trinajstić information content (AvgIpc) is 3.50. The predicted molar refractivity (Wildman–Crippen MR) is 148 cm³/mol. The van der Waals surface area contributed by atoms with Gasteiger partial charge in [0.15, 0.2) is 11.6 Å². The SMILES string of the molecule is Cc1cccc(C)c1-n1nc2c(c1-c1ccc(Cl)c3[nH]ccc13)CN(c1ncc(C(C)C)cc1F)CC2. The lowest BCUT2D eigenvalue weighted by molar-refractivity contribution is 0.595. The number of H-pyrrole nitrogens is 1. The van der Waals surface area contributed by atoms with E-state index in [1.807, 2.05) is 31.0 Å². The fourth-order valence-electron chi connectivity index (χ4n) is 5.45. The van der Waals surface area contributed by atoms with Gasteiger partial charge in [-0.15, -0.1) is 0 Å². The van der Waals surface area contributed by atoms with Crippen molar-refractivity contribution >= 4 is 28.3 Å². The third-order valence-corrected chi connectivity index (χ3v) is 7.74. The van der Waals surface area contributed by atoms with E-state index in [0.717, 1.165) is 55.8 Å². The fourth-order valence-corrected chi connectivity index (χ4v) is 5.67. The van der Waals surface area contributed by atoms with Gasteiger partial charge in [0.25, 0.3) is 0 Å². The van der Waals surface area contributed by atoms with Gasteiger partial charge in [-0.1, -0.05) is 49.7 Å². The molecule has 7 heteroatoms. The van der Waals surface area contributed by atoms with Crippen molar-refractivity contribution in [3.63, 3.8) is 0 Å². The summed E-state index contributed by atoms with van der Waals surface area (Å²) in [4.78, 5) is 9.86. The number of nitrogens with one attached hydrogen (secondary N) is 1. The van der Waals surface area contributed by atoms with Gasteiger partial charge in [-0.05, 0) is 54.7 Å². The highest BCUT2D eigenvalue weighted by Gasteiger charge is 2.30. The molecule has 3 aromatic heterocycles. The Kier molecular flexibility index (Phi) is 5.80. The molecule has 37 heavy (non-hydrogen) atoms. The topological polar surface area (TPSA) is 49.7 Å². The van der Waals surface area contributed by atoms with Gasteiger partial charge in [-0.25, -0.2) is 14.1 Å². The van der Waals surface area contributed by atoms with Crippen LogP contribution in [0.5, 0.6) is 0 Å². The first-order valence-corrected chi connectivity index (χ1v) is 13.0. The van der Waals surface area contributed by atoms with Crippen LogP contribution in [0.25, 0.3) is 27.8 Å². The van der Waals surface area contributed by atoms with Crippen LogP contribution in [0.4, 0.5) is 10.2 Å². The lowest BCUT2D eigenvalue weighted by Gasteiger charge is -2.28. The number of aromatic nitrogens is 4. The third kappa shape index (κ3) is 3.91. The molecule has 1 aliphatic heterocycles. The average molecular weight is 514 g/mol. The quantitative estimate of drug-likeness (QED) is 0.270. The Morgan fingerprint density at radius 1 is 1.08 bits per heavy atom. The van der Waals surface area contributed by atoms with E-state index in [1.54, 1.807) is 12.3 Å². The lowest BCUT2D eigenvalue weighted by atomic mass is 9.97. The summed E-state index contributed by atoms with van der Waals surface area (Å²) in [5.41, 5.74) is 9.34. The number of benzene rings is 2. The summed E-state index contributed by atoms with van der Waals surface area (Å²) in [7, 11) is 0. The highest BCUT2D eigenvalue weighted by Crippen LogP contribution is 2.40. The van der Waals surface area contributed by atoms with Gasteiger partial charge < -0.3 is 9.88 Å². The second-order valence-corrected chi connectivity index (χ2v) is 10.6. The number of hydrogen-bond acceptors (Lipinski definition) is 3. The monoisotopic (exact) mass is 513 g/mol. The molecule has 0 saturated carbocycles. The minimum atomic E-state index is -0.280. The van der Waals surface area contributed by atoms with Crippen molar-refractivity contribution in [2.45, 2.75) is 46.6 Å². The van der Waals surface area contributed by atoms with Gasteiger partial charge in [0, 0.05) is 48.4 Å². The maximum atomic E-state index is 15.2. The van der Waals surface area contributed by atoms with E-state index in [9.17, 15) is 0 Å². The Balaban J connectivity index is 1.56. The molecule has 0 radical (unpaired) electrons. The predicted octanol–water partition coefficient (Wildman–Crippen LogP) is 7.51. The molecule has 188 valence electrons. The summed E-state index contributed by atoms with van der Waals surface area (Å²) in [6.45, 7) is 9.50. The van der Waals surface area contributed by atoms with Crippen LogP contribution < -0.4 is 4.90 Å². The summed E-state index contributed by atoms with van der Waals surface area (Å²) < 4.78 is 17.3. The van der Waals surface area contributed by atoms with Crippen LogP contribution in [0.2, 0.25) is 5.02 Å². The molecule has 1 aliphatic rings. The molecule has 0 bridgehead atoms. The van der Waals surface area contributed by atoms with E-state index in [2.05, 4.69) is 58.8 Å². The Hall–Kier alpha value is -3.64. The van der Waals surface area contributed by atoms with Crippen molar-refractivity contribution in [1.82, 2.24) is 19.7 Å². The van der Waals surface area contributed by atoms with Crippen molar-refractivity contribution in [1.29, 1.82) is 0 Å². The number of anilines is 1. The second kappa shape index (κ2) is 9.03. The minimum Gasteiger partial charge on any atom is -0.360 e. The molecule has 0 amide bonds. The van der Waals surface area contributed by atoms with Crippen molar-refractivity contribution in [3.05, 3.63) is 93.6 Å². The zero-order valence-corrected chi connectivity index (χ0v) is 22.2. The van der Waals surface area contributed by atoms with Crippen LogP contribution in [-0.4, -0.2) is 26.3 Å². The van der Waals surface area contributed by atoms with E-state index in [1.165, 1.54) is 0 Å². The smallest absolute Gasteiger partial charge is 0.165 e. The molecule has 2 aromatic carbocycles. The molecule has 0 spiro atoms. The lowest BCUT2D eigenvalue weighted by Crippen LogP contribution is -2.31. The maximum Gasteiger partial charge on any atom is 0.165 e. The molecule has 0 fully saturated rings. The van der Waals surface area contributed by atoms with Crippen molar-refractivity contribution < 1.29 is 4.39 Å². The second-order valence-electron chi connectivity index (χ2n) is 10.2. The first kappa shape index (κ1) is 23.7. The molecule has 1 N–H and O–H groups in total. The minimum absolute atomic E-state index is 0.222. The molecular formula is C30H29ClFN5. The summed E-state index contributed by atoms with van der Waals surface area (Å²) in [6.07, 6.45) is 4.41. The number of para-hydroxylation sites is 1. The first-order valence-electron chi connectivity index (χ1n) is 12.7. The standard InChI is InChI=1S/C30H29ClFN5/c1-17(2)20-14-25(32)30(34-15-20)36-13-11-26-23(16-36)29(22-8-9-24(31)27-21(22)10-12-33-27)37(35-26)28-18(3)6-5-7-19(28)4/h5-10,12,14-15,17,33H,11,13,16H2,1-4H3. The van der Waals surface area contributed by atoms with Crippen LogP contribution >= 0.6 is 11.6 Å². The van der Waals surface area contributed by atoms with Gasteiger partial charge in [0.05, 0.1) is 27.6 Å². The maximum absolute atomic E-state index is 15.2. The number of hydrogen-bond donors (Lipinski definition) is 1. The van der Waals surface area contributed by atoms with Crippen LogP contribution in [0, 0.1) is 19.7 Å². The summed E-state index contributed by atoms with van der Waals surface area (Å²) in [5.74, 6) is 0.335. The van der Waals surface area contributed by atoms with Crippen molar-refractivity contribution in [3.8, 4) is 16.9 Å². The summed E-state index contributed by atoms with van der Waals surface area (Å²) in [6, 6.07) is 14.0. The number of aryl methyl sites for hydroxylation is 2. The Morgan fingerprint density at radius 2 is 1.86 bits per heavy atom. The number of pyridine rings is 1. The van der Waals surface area contributed by atoms with Gasteiger partial charge in [0.1, 0.15) is 0 Å². The Morgan fingerprint density at radius 3 is 2.59 bits per heavy atom. The molecule has 4 heterocycles. The largest absolute Gasteiger partial charge is 0.360 e. The number of halogens is 2. The van der Waals surface area contributed by atoms with Gasteiger partial charge in [0.2, 0.25) is 0 Å². The van der Waals surface area contributed by atoms with Gasteiger partial charge >= 0.3 is 0 Å². The molecule has 5 nitrogen and oxygen atoms in total. The number of aromatic amines is 1. The zero-order chi connectivity index (χ0) is 25.8. The van der Waals surface area contributed by atoms with E-state index >= 15 is 4.39 Å². The fraction of sp³-hybridized carbons (Fsp3) is 0.267. The van der Waals surface area contributed by atoms with Crippen molar-refractivity contribution in [2.75, 3.05) is 11.4 Å². The molecule has 0 saturated heterocycles. The van der Waals surface area contributed by atoms with Crippen molar-refractivity contribution in [2.24, 2.45) is 0 Å². The first-order chi connectivity index (χ1) is 17.8. The molecule has 0 aliphatic carbocycles. The number of nitrogens with zero attached hydrogens (tertiary/aromatic N) is 4. The zero-order valence-electron chi connectivity index (χ0n) is 21.4. The van der Waals surface area contributed by atoms with E-state index in [4.69, 9.17) is 16.7 Å². The molecule has 0 atom stereocenters. The van der Waals surface area contributed by atoms with Crippen LogP contribution in [-0.2, 0) is 13.0 Å². The number of fused-ring (bicyclic) bond motifs is 2. The van der Waals surface area contributed by atoms with E-state index in [-0.39, 0.29) is 11.7 Å². The van der Waals surface area contributed by atoms with Gasteiger partial charge in [-0.3, -0.25) is 0 Å². The van der Waals surface area contributed by atoms with Crippen LogP contribution in [0.15, 0.2) is 54.9 Å². The van der Waals surface area contributed by atoms with E-state index < -0.39 is 0 Å². The molecule has 5 aromatic rings. The number of rotatable bonds is 4. The molecule has 6 rings (SSSR count). The highest BCUT2D eigenvalue weighted by molar-refractivity contribution is 6.35. The third-order valence-electron chi connectivity index (χ3n) is 7.42. The summed E-state index contributed by atoms with van der Waals surface area (Å²) in [5, 5.41) is 6.86. The van der Waals surface area contributed by atoms with E-state index in [0.29, 0.717) is 30.4 Å². The van der Waals surface area contributed by atoms with Crippen LogP contribution in [0.3, 0.4) is 0 Å². The highest BCUT2D eigenvalue weighted by atomic mass is 35.5. The van der Waals surface area contributed by atoms with Crippen LogP contribution in [0.1, 0.15) is 47.7 Å². The Bertz CT molecular complexity index is 1630. The van der Waals surface area contributed by atoms with Gasteiger partial charge in [-0.2, -0.15) is 5.10 Å². The molecular weight excluding hydrogens is 485 g/mol. The summed E-state index contributed by atoms with van der Waals surface area (Å²) >= 11 is 6.53. The molecule has 0 unspecified atom stereocenters. The normalized spacial score (nSPS) is 13.5.